The Balaban J connectivity index is 0.000000189. The first kappa shape index (κ1) is 26.2. The largest absolute Gasteiger partial charge is 0.498 e. The molecule has 1 radical (unpaired) electrons. The summed E-state index contributed by atoms with van der Waals surface area (Å²) in [6.45, 7) is 0. The minimum Gasteiger partial charge on any atom is -0.498 e. The van der Waals surface area contributed by atoms with Gasteiger partial charge in [-0.15, -0.1) is 24.0 Å². The number of benzene rings is 4. The Morgan fingerprint density at radius 2 is 1.17 bits per heavy atom. The summed E-state index contributed by atoms with van der Waals surface area (Å²) in [4.78, 5) is 4.20. The Morgan fingerprint density at radius 1 is 0.800 bits per heavy atom. The summed E-state index contributed by atoms with van der Waals surface area (Å²) in [6.07, 6.45) is 0.704. The summed E-state index contributed by atoms with van der Waals surface area (Å²) in [6, 6.07) is 36.7. The second-order valence-corrected chi connectivity index (χ2v) is 9.40. The number of para-hydroxylation sites is 1. The van der Waals surface area contributed by atoms with Gasteiger partial charge in [0.15, 0.2) is 10.7 Å². The molecule has 4 nitrogen and oxygen atoms in total. The lowest BCUT2D eigenvalue weighted by atomic mass is 9.80. The lowest BCUT2D eigenvalue weighted by Crippen LogP contribution is -2.27. The van der Waals surface area contributed by atoms with Crippen LogP contribution in [0, 0.1) is 5.41 Å². The molecule has 175 valence electrons. The van der Waals surface area contributed by atoms with Gasteiger partial charge in [0, 0.05) is 0 Å². The molecule has 35 heavy (non-hydrogen) atoms. The first-order valence-corrected chi connectivity index (χ1v) is 12.3. The Bertz CT molecular complexity index is 1230. The van der Waals surface area contributed by atoms with Crippen LogP contribution in [-0.4, -0.2) is 21.4 Å². The molecular formula is C28H23N2O2S3. The molecule has 0 atom stereocenters. The van der Waals surface area contributed by atoms with Gasteiger partial charge in [0.25, 0.3) is 0 Å². The van der Waals surface area contributed by atoms with Crippen molar-refractivity contribution >= 4 is 57.7 Å². The van der Waals surface area contributed by atoms with Crippen LogP contribution in [-0.2, 0) is 10.7 Å². The number of aromatic nitrogens is 1. The van der Waals surface area contributed by atoms with Gasteiger partial charge < -0.3 is 10.5 Å². The fraction of sp³-hybridized carbons (Fsp3) is 0.0357. The number of thiazole rings is 1. The van der Waals surface area contributed by atoms with Crippen molar-refractivity contribution in [3.63, 3.8) is 0 Å². The second kappa shape index (κ2) is 12.9. The minimum atomic E-state index is -1.37. The highest BCUT2D eigenvalue weighted by Gasteiger charge is 2.35. The highest BCUT2D eigenvalue weighted by molar-refractivity contribution is 7.83. The maximum atomic E-state index is 13.7. The molecule has 5 aromatic rings. The Morgan fingerprint density at radius 3 is 1.54 bits per heavy atom. The minimum absolute atomic E-state index is 0.370. The van der Waals surface area contributed by atoms with Gasteiger partial charge in [0.1, 0.15) is 4.34 Å². The molecule has 0 spiro atoms. The zero-order valence-electron chi connectivity index (χ0n) is 18.6. The molecule has 1 aromatic heterocycles. The predicted molar refractivity (Wildman–Crippen MR) is 151 cm³/mol. The molecule has 0 bridgehead atoms. The van der Waals surface area contributed by atoms with Gasteiger partial charge in [-0.3, -0.25) is 0 Å². The summed E-state index contributed by atoms with van der Waals surface area (Å²) in [5.41, 5.74) is 1.95. The number of thiol groups is 1. The van der Waals surface area contributed by atoms with Crippen LogP contribution < -0.4 is 0 Å². The molecule has 0 aliphatic heterocycles. The van der Waals surface area contributed by atoms with E-state index in [1.807, 2.05) is 115 Å². The van der Waals surface area contributed by atoms with E-state index in [0.717, 1.165) is 26.5 Å². The third kappa shape index (κ3) is 7.07. The number of nitrogens with one attached hydrogen (secondary N) is 1. The van der Waals surface area contributed by atoms with Crippen molar-refractivity contribution < 1.29 is 10.2 Å². The van der Waals surface area contributed by atoms with Gasteiger partial charge in [-0.1, -0.05) is 103 Å². The summed E-state index contributed by atoms with van der Waals surface area (Å²) in [7, 11) is 0. The van der Waals surface area contributed by atoms with E-state index < -0.39 is 5.60 Å². The summed E-state index contributed by atoms with van der Waals surface area (Å²) < 4.78 is 2.04. The van der Waals surface area contributed by atoms with E-state index in [4.69, 9.17) is 10.5 Å². The fourth-order valence-corrected chi connectivity index (χ4v) is 4.49. The maximum absolute atomic E-state index is 13.7. The molecule has 0 fully saturated rings. The standard InChI is InChI=1S/C19H15O.C7H5NS2.C2H3NOS/c20-19(16-10-4-1-5-11-16,17-12-6-2-7-13-17)18-14-8-3-9-15-18;9-7-8-5-3-1-2-4-6(5)10-7;3-1-2(4)5/h1-15H;1-4H,(H,8,9);1,3H,(H,4,5). The lowest BCUT2D eigenvalue weighted by Gasteiger charge is -2.27. The van der Waals surface area contributed by atoms with Crippen LogP contribution in [0.3, 0.4) is 0 Å². The molecule has 1 heterocycles. The van der Waals surface area contributed by atoms with Gasteiger partial charge in [-0.25, -0.2) is 10.1 Å². The van der Waals surface area contributed by atoms with Gasteiger partial charge >= 0.3 is 0 Å². The van der Waals surface area contributed by atoms with Crippen molar-refractivity contribution in [2.45, 2.75) is 9.94 Å². The van der Waals surface area contributed by atoms with Crippen LogP contribution in [0.1, 0.15) is 16.7 Å². The highest BCUT2D eigenvalue weighted by atomic mass is 32.2. The van der Waals surface area contributed by atoms with Crippen LogP contribution in [0.5, 0.6) is 0 Å². The van der Waals surface area contributed by atoms with Crippen LogP contribution in [0.15, 0.2) is 120 Å². The van der Waals surface area contributed by atoms with E-state index in [-0.39, 0.29) is 5.05 Å². The SMILES string of the molecule is N=CC(O)=S.Sc1nc2ccccc2s1.[O]C(c1ccccc1)(c1ccccc1)c1ccccc1. The average Bonchev–Trinajstić information content (AvgIpc) is 3.30. The highest BCUT2D eigenvalue weighted by Crippen LogP contribution is 2.36. The fourth-order valence-electron chi connectivity index (χ4n) is 3.38. The van der Waals surface area contributed by atoms with E-state index in [0.29, 0.717) is 6.21 Å². The number of aliphatic hydroxyl groups is 1. The molecule has 0 saturated heterocycles. The summed E-state index contributed by atoms with van der Waals surface area (Å²) in [5.74, 6) is 0. The summed E-state index contributed by atoms with van der Waals surface area (Å²) >= 11 is 9.76. The van der Waals surface area contributed by atoms with Gasteiger partial charge in [-0.05, 0) is 41.0 Å². The number of aliphatic hydroxyl groups excluding tert-OH is 1. The predicted octanol–water partition coefficient (Wildman–Crippen LogP) is 7.52. The Labute approximate surface area is 219 Å². The van der Waals surface area contributed by atoms with Gasteiger partial charge in [-0.2, -0.15) is 0 Å². The molecule has 0 amide bonds. The Kier molecular flexibility index (Phi) is 9.69. The topological polar surface area (TPSA) is 76.9 Å². The third-order valence-corrected chi connectivity index (χ3v) is 6.28. The van der Waals surface area contributed by atoms with Crippen molar-refractivity contribution in [2.75, 3.05) is 0 Å². The third-order valence-electron chi connectivity index (χ3n) is 4.95. The van der Waals surface area contributed by atoms with Crippen molar-refractivity contribution in [3.05, 3.63) is 132 Å². The van der Waals surface area contributed by atoms with E-state index in [1.165, 1.54) is 4.70 Å². The van der Waals surface area contributed by atoms with Crippen molar-refractivity contribution in [2.24, 2.45) is 0 Å². The average molecular weight is 516 g/mol. The van der Waals surface area contributed by atoms with Crippen molar-refractivity contribution in [1.29, 1.82) is 5.41 Å². The number of fused-ring (bicyclic) bond motifs is 1. The molecular weight excluding hydrogens is 493 g/mol. The number of rotatable bonds is 4. The number of hydrogen-bond donors (Lipinski definition) is 3. The maximum Gasteiger partial charge on any atom is 0.199 e. The molecule has 0 unspecified atom stereocenters. The van der Waals surface area contributed by atoms with E-state index in [2.05, 4.69) is 29.8 Å². The van der Waals surface area contributed by atoms with Gasteiger partial charge in [0.2, 0.25) is 0 Å². The monoisotopic (exact) mass is 515 g/mol. The van der Waals surface area contributed by atoms with Crippen LogP contribution in [0.4, 0.5) is 0 Å². The van der Waals surface area contributed by atoms with Gasteiger partial charge in [0.05, 0.1) is 16.4 Å². The second-order valence-electron chi connectivity index (χ2n) is 7.23. The lowest BCUT2D eigenvalue weighted by molar-refractivity contribution is 0.0411. The quantitative estimate of drug-likeness (QED) is 0.100. The van der Waals surface area contributed by atoms with Crippen LogP contribution in [0.25, 0.3) is 10.2 Å². The van der Waals surface area contributed by atoms with E-state index in [1.54, 1.807) is 11.3 Å². The zero-order chi connectivity index (χ0) is 25.1. The molecule has 0 aliphatic carbocycles. The van der Waals surface area contributed by atoms with Crippen LogP contribution in [0.2, 0.25) is 0 Å². The number of thiocarbonyl (C=S) groups is 1. The van der Waals surface area contributed by atoms with E-state index >= 15 is 0 Å². The molecule has 2 N–H and O–H groups in total. The molecule has 7 heteroatoms. The number of hydrogen-bond acceptors (Lipinski definition) is 5. The normalized spacial score (nSPS) is 10.3. The Hall–Kier alpha value is -3.36. The molecule has 4 aromatic carbocycles. The first-order valence-electron chi connectivity index (χ1n) is 10.6. The van der Waals surface area contributed by atoms with Crippen molar-refractivity contribution in [1.82, 2.24) is 4.98 Å². The van der Waals surface area contributed by atoms with Crippen LogP contribution >= 0.6 is 36.2 Å². The van der Waals surface area contributed by atoms with E-state index in [9.17, 15) is 5.11 Å². The molecule has 0 aliphatic rings. The summed E-state index contributed by atoms with van der Waals surface area (Å²) in [5, 5.41) is 27.3. The smallest absolute Gasteiger partial charge is 0.199 e. The molecule has 5 rings (SSSR count). The first-order chi connectivity index (χ1) is 16.9. The van der Waals surface area contributed by atoms with Crippen molar-refractivity contribution in [3.8, 4) is 0 Å². The zero-order valence-corrected chi connectivity index (χ0v) is 21.1. The molecule has 0 saturated carbocycles. The number of nitrogens with zero attached hydrogens (tertiary/aromatic N) is 1.